The van der Waals surface area contributed by atoms with Crippen molar-refractivity contribution in [1.82, 2.24) is 0 Å². The van der Waals surface area contributed by atoms with Crippen LogP contribution in [-0.4, -0.2) is 94.9 Å². The van der Waals surface area contributed by atoms with Gasteiger partial charge in [0.1, 0.15) is 28.8 Å². The maximum absolute atomic E-state index is 5.78. The Morgan fingerprint density at radius 1 is 0.720 bits per heavy atom. The molecule has 3 aliphatic rings. The van der Waals surface area contributed by atoms with Crippen LogP contribution in [0.25, 0.3) is 0 Å². The smallest absolute Gasteiger partial charge is 0.145 e. The summed E-state index contributed by atoms with van der Waals surface area (Å²) in [5.74, 6) is 0. The van der Waals surface area contributed by atoms with Crippen molar-refractivity contribution in [3.05, 3.63) is 0 Å². The van der Waals surface area contributed by atoms with Crippen molar-refractivity contribution in [1.29, 1.82) is 0 Å². The molecular formula is C17H32O7Si. The highest BCUT2D eigenvalue weighted by molar-refractivity contribution is 5.97. The normalized spacial score (nSPS) is 29.5. The van der Waals surface area contributed by atoms with E-state index in [0.29, 0.717) is 38.1 Å². The van der Waals surface area contributed by atoms with Crippen molar-refractivity contribution in [2.75, 3.05) is 66.1 Å². The van der Waals surface area contributed by atoms with E-state index in [0.717, 1.165) is 76.0 Å². The molecule has 7 nitrogen and oxygen atoms in total. The summed E-state index contributed by atoms with van der Waals surface area (Å²) >= 11 is 0. The van der Waals surface area contributed by atoms with Crippen molar-refractivity contribution in [3.8, 4) is 0 Å². The average Bonchev–Trinajstić information content (AvgIpc) is 3.48. The van der Waals surface area contributed by atoms with E-state index in [-0.39, 0.29) is 5.41 Å². The summed E-state index contributed by atoms with van der Waals surface area (Å²) in [6.45, 7) is 7.52. The third-order valence-electron chi connectivity index (χ3n) is 4.90. The minimum Gasteiger partial charge on any atom is -0.427 e. The summed E-state index contributed by atoms with van der Waals surface area (Å²) in [4.78, 5) is 0. The Kier molecular flexibility index (Phi) is 8.13. The Hall–Kier alpha value is -0.0631. The number of hydrogen-bond donors (Lipinski definition) is 0. The Bertz CT molecular complexity index is 322. The average molecular weight is 377 g/mol. The van der Waals surface area contributed by atoms with Crippen LogP contribution in [0.15, 0.2) is 0 Å². The van der Waals surface area contributed by atoms with Crippen molar-refractivity contribution in [3.63, 3.8) is 0 Å². The van der Waals surface area contributed by atoms with Gasteiger partial charge in [0.05, 0.1) is 39.6 Å². The van der Waals surface area contributed by atoms with Crippen LogP contribution in [-0.2, 0) is 32.8 Å². The van der Waals surface area contributed by atoms with Crippen LogP contribution in [0.4, 0.5) is 0 Å². The summed E-state index contributed by atoms with van der Waals surface area (Å²) in [5.41, 5.74) is 0.0426. The first-order valence-electron chi connectivity index (χ1n) is 9.37. The lowest BCUT2D eigenvalue weighted by molar-refractivity contribution is 0.00201. The summed E-state index contributed by atoms with van der Waals surface area (Å²) < 4.78 is 38.6. The lowest BCUT2D eigenvalue weighted by Crippen LogP contribution is -2.32. The molecule has 3 rings (SSSR count). The molecule has 0 spiro atoms. The van der Waals surface area contributed by atoms with Gasteiger partial charge in [-0.3, -0.25) is 0 Å². The Labute approximate surface area is 153 Å². The second-order valence-electron chi connectivity index (χ2n) is 7.27. The predicted octanol–water partition coefficient (Wildman–Crippen LogP) is -0.314. The molecule has 3 fully saturated rings. The summed E-state index contributed by atoms with van der Waals surface area (Å²) in [6.07, 6.45) is 3.80. The van der Waals surface area contributed by atoms with Crippen LogP contribution in [0, 0.1) is 5.41 Å². The van der Waals surface area contributed by atoms with E-state index < -0.39 is 0 Å². The molecule has 0 amide bonds. The molecule has 0 aliphatic carbocycles. The maximum Gasteiger partial charge on any atom is 0.145 e. The quantitative estimate of drug-likeness (QED) is 0.196. The zero-order chi connectivity index (χ0) is 17.4. The fourth-order valence-corrected chi connectivity index (χ4v) is 3.51. The zero-order valence-electron chi connectivity index (χ0n) is 15.3. The van der Waals surface area contributed by atoms with Crippen molar-refractivity contribution < 1.29 is 32.8 Å². The molecule has 146 valence electrons. The van der Waals surface area contributed by atoms with Gasteiger partial charge in [0, 0.05) is 26.4 Å². The Morgan fingerprint density at radius 3 is 1.36 bits per heavy atom. The van der Waals surface area contributed by atoms with Crippen LogP contribution in [0.5, 0.6) is 0 Å². The first-order valence-corrected chi connectivity index (χ1v) is 10.2. The van der Waals surface area contributed by atoms with Gasteiger partial charge < -0.3 is 32.8 Å². The van der Waals surface area contributed by atoms with Crippen LogP contribution in [0.3, 0.4) is 0 Å². The number of rotatable bonds is 17. The number of ether oxygens (including phenoxy) is 6. The van der Waals surface area contributed by atoms with Gasteiger partial charge in [0.25, 0.3) is 0 Å². The minimum atomic E-state index is 0.0426. The second-order valence-corrected chi connectivity index (χ2v) is 7.85. The van der Waals surface area contributed by atoms with Gasteiger partial charge in [-0.05, 0) is 24.7 Å². The molecular weight excluding hydrogens is 344 g/mol. The van der Waals surface area contributed by atoms with Gasteiger partial charge in [-0.25, -0.2) is 0 Å². The van der Waals surface area contributed by atoms with Crippen molar-refractivity contribution in [2.45, 2.75) is 37.6 Å². The molecule has 0 N–H and O–H groups in total. The molecule has 3 unspecified atom stereocenters. The molecule has 3 saturated heterocycles. The van der Waals surface area contributed by atoms with Crippen LogP contribution in [0.2, 0.25) is 0 Å². The highest BCUT2D eigenvalue weighted by Crippen LogP contribution is 2.32. The topological polar surface area (TPSA) is 74.5 Å². The Balaban J connectivity index is 1.39. The molecule has 3 aliphatic heterocycles. The summed E-state index contributed by atoms with van der Waals surface area (Å²) in [7, 11) is 0.738. The molecule has 8 heteroatoms. The highest BCUT2D eigenvalue weighted by Gasteiger charge is 2.32. The summed E-state index contributed by atoms with van der Waals surface area (Å²) in [5, 5.41) is 0. The first-order chi connectivity index (χ1) is 12.3. The molecule has 0 radical (unpaired) electrons. The minimum absolute atomic E-state index is 0.0426. The van der Waals surface area contributed by atoms with Gasteiger partial charge in [-0.1, -0.05) is 0 Å². The van der Waals surface area contributed by atoms with Crippen LogP contribution >= 0.6 is 0 Å². The van der Waals surface area contributed by atoms with E-state index in [4.69, 9.17) is 32.8 Å². The molecule has 0 aromatic heterocycles. The first kappa shape index (κ1) is 19.7. The van der Waals surface area contributed by atoms with E-state index in [1.807, 2.05) is 0 Å². The van der Waals surface area contributed by atoms with Crippen molar-refractivity contribution >= 4 is 10.5 Å². The van der Waals surface area contributed by atoms with E-state index in [2.05, 4.69) is 0 Å². The predicted molar refractivity (Wildman–Crippen MR) is 93.9 cm³/mol. The largest absolute Gasteiger partial charge is 0.427 e. The van der Waals surface area contributed by atoms with E-state index in [1.165, 1.54) is 0 Å². The standard InChI is InChI=1S/C17H32O7Si/c25-24-13-17(1-4-18-7-14-10-21-14,2-5-19-8-15-11-22-15)3-6-20-9-16-12-23-16/h14-16H,1-13H2,25H3. The van der Waals surface area contributed by atoms with Crippen molar-refractivity contribution in [2.24, 2.45) is 5.41 Å². The maximum atomic E-state index is 5.78. The van der Waals surface area contributed by atoms with Crippen LogP contribution in [0.1, 0.15) is 19.3 Å². The SMILES string of the molecule is [SiH3]OCC(CCOCC1CO1)(CCOCC1CO1)CCOCC1CO1. The van der Waals surface area contributed by atoms with Crippen LogP contribution < -0.4 is 0 Å². The fraction of sp³-hybridized carbons (Fsp3) is 1.00. The molecule has 3 atom stereocenters. The third-order valence-corrected chi connectivity index (χ3v) is 5.19. The fourth-order valence-electron chi connectivity index (χ4n) is 2.90. The van der Waals surface area contributed by atoms with Gasteiger partial charge >= 0.3 is 0 Å². The van der Waals surface area contributed by atoms with Gasteiger partial charge in [-0.15, -0.1) is 0 Å². The lowest BCUT2D eigenvalue weighted by Gasteiger charge is -2.33. The van der Waals surface area contributed by atoms with Gasteiger partial charge in [0.15, 0.2) is 0 Å². The monoisotopic (exact) mass is 376 g/mol. The van der Waals surface area contributed by atoms with E-state index in [9.17, 15) is 0 Å². The highest BCUT2D eigenvalue weighted by atomic mass is 28.2. The molecule has 3 heterocycles. The van der Waals surface area contributed by atoms with E-state index >= 15 is 0 Å². The number of hydrogen-bond acceptors (Lipinski definition) is 7. The van der Waals surface area contributed by atoms with Gasteiger partial charge in [-0.2, -0.15) is 0 Å². The molecule has 25 heavy (non-hydrogen) atoms. The second kappa shape index (κ2) is 10.3. The van der Waals surface area contributed by atoms with E-state index in [1.54, 1.807) is 0 Å². The third kappa shape index (κ3) is 8.44. The Morgan fingerprint density at radius 2 is 1.08 bits per heavy atom. The molecule has 0 bridgehead atoms. The van der Waals surface area contributed by atoms with Gasteiger partial charge in [0.2, 0.25) is 0 Å². The molecule has 0 aromatic carbocycles. The lowest BCUT2D eigenvalue weighted by atomic mass is 9.79. The summed E-state index contributed by atoms with van der Waals surface area (Å²) in [6, 6.07) is 0. The molecule has 0 aromatic rings. The molecule has 0 saturated carbocycles. The number of epoxide rings is 3. The zero-order valence-corrected chi connectivity index (χ0v) is 17.3.